The lowest BCUT2D eigenvalue weighted by Gasteiger charge is -2.33. The van der Waals surface area contributed by atoms with Gasteiger partial charge < -0.3 is 5.32 Å². The normalized spacial score (nSPS) is 14.5. The molecule has 0 aromatic heterocycles. The molecule has 10 aromatic carbocycles. The number of allylic oxidation sites excluding steroid dienone is 5. The van der Waals surface area contributed by atoms with E-state index in [4.69, 9.17) is 4.99 Å². The van der Waals surface area contributed by atoms with Crippen molar-refractivity contribution in [3.05, 3.63) is 308 Å². The van der Waals surface area contributed by atoms with E-state index in [2.05, 4.69) is 284 Å². The van der Waals surface area contributed by atoms with Gasteiger partial charge in [0.15, 0.2) is 0 Å². The zero-order valence-electron chi connectivity index (χ0n) is 40.9. The minimum atomic E-state index is -0.425. The van der Waals surface area contributed by atoms with Gasteiger partial charge in [0, 0.05) is 5.56 Å². The van der Waals surface area contributed by atoms with Crippen molar-refractivity contribution in [2.75, 3.05) is 0 Å². The Balaban J connectivity index is 1.08. The summed E-state index contributed by atoms with van der Waals surface area (Å²) in [6.07, 6.45) is 7.46. The van der Waals surface area contributed by atoms with Gasteiger partial charge >= 0.3 is 0 Å². The summed E-state index contributed by atoms with van der Waals surface area (Å²) in [6, 6.07) is 91.5. The van der Waals surface area contributed by atoms with Crippen molar-refractivity contribution in [1.82, 2.24) is 10.6 Å². The molecule has 3 heteroatoms. The van der Waals surface area contributed by atoms with Crippen LogP contribution in [0.25, 0.3) is 83.5 Å². The number of nitrogens with zero attached hydrogens (tertiary/aromatic N) is 1. The van der Waals surface area contributed by atoms with Crippen molar-refractivity contribution in [3.63, 3.8) is 0 Å². The van der Waals surface area contributed by atoms with Crippen molar-refractivity contribution in [1.29, 1.82) is 0 Å². The van der Waals surface area contributed by atoms with Gasteiger partial charge in [-0.2, -0.15) is 0 Å². The molecule has 1 aliphatic heterocycles. The molecule has 0 saturated carbocycles. The van der Waals surface area contributed by atoms with Gasteiger partial charge in [-0.1, -0.05) is 213 Å². The van der Waals surface area contributed by atoms with Crippen LogP contribution in [0.1, 0.15) is 41.5 Å². The number of rotatable bonds is 13. The first-order chi connectivity index (χ1) is 36.0. The summed E-state index contributed by atoms with van der Waals surface area (Å²) in [7, 11) is 0. The van der Waals surface area contributed by atoms with Crippen LogP contribution in [-0.4, -0.2) is 5.84 Å². The molecule has 1 aliphatic rings. The van der Waals surface area contributed by atoms with Crippen LogP contribution in [-0.2, 0) is 0 Å². The summed E-state index contributed by atoms with van der Waals surface area (Å²) in [5.41, 5.74) is 21.1. The van der Waals surface area contributed by atoms with Gasteiger partial charge in [0.25, 0.3) is 0 Å². The van der Waals surface area contributed by atoms with Crippen LogP contribution in [0.2, 0.25) is 0 Å². The van der Waals surface area contributed by atoms with Gasteiger partial charge in [0.2, 0.25) is 0 Å². The molecule has 0 saturated heterocycles. The molecule has 1 heterocycles. The smallest absolute Gasteiger partial charge is 0.131 e. The number of amidine groups is 1. The van der Waals surface area contributed by atoms with Gasteiger partial charge in [0.05, 0.1) is 0 Å². The third-order valence-electron chi connectivity index (χ3n) is 13.5. The van der Waals surface area contributed by atoms with Gasteiger partial charge in [-0.05, 0) is 180 Å². The first-order valence-corrected chi connectivity index (χ1v) is 25.0. The number of aliphatic imine (C=N–C) groups is 1. The number of hydrogen-bond acceptors (Lipinski definition) is 3. The third kappa shape index (κ3) is 10.6. The quantitative estimate of drug-likeness (QED) is 0.113. The lowest BCUT2D eigenvalue weighted by Crippen LogP contribution is -2.45. The van der Waals surface area contributed by atoms with Gasteiger partial charge in [-0.3, -0.25) is 5.32 Å². The second-order valence-electron chi connectivity index (χ2n) is 18.5. The van der Waals surface area contributed by atoms with E-state index in [1.807, 2.05) is 19.1 Å². The summed E-state index contributed by atoms with van der Waals surface area (Å²) in [5, 5.41) is 7.91. The minimum Gasteiger partial charge on any atom is -0.350 e. The molecular formula is C70H55N3. The second kappa shape index (κ2) is 21.5. The maximum atomic E-state index is 5.53. The zero-order valence-corrected chi connectivity index (χ0v) is 40.9. The Morgan fingerprint density at radius 3 is 1.10 bits per heavy atom. The van der Waals surface area contributed by atoms with Gasteiger partial charge in [-0.15, -0.1) is 0 Å². The predicted octanol–water partition coefficient (Wildman–Crippen LogP) is 17.8. The Labute approximate surface area is 430 Å². The molecule has 0 fully saturated rings. The molecule has 2 unspecified atom stereocenters. The molecule has 10 aromatic rings. The average molecular weight is 938 g/mol. The number of nitrogens with one attached hydrogen (secondary N) is 2. The molecule has 2 atom stereocenters. The summed E-state index contributed by atoms with van der Waals surface area (Å²) < 4.78 is 0. The highest BCUT2D eigenvalue weighted by atomic mass is 15.3. The maximum absolute atomic E-state index is 5.53. The van der Waals surface area contributed by atoms with E-state index in [0.29, 0.717) is 0 Å². The van der Waals surface area contributed by atoms with Crippen LogP contribution in [0.4, 0.5) is 0 Å². The molecule has 0 bridgehead atoms. The fraction of sp³-hybridized carbons (Fsp3) is 0.0429. The summed E-state index contributed by atoms with van der Waals surface area (Å²) in [6.45, 7) is 6.64. The molecule has 73 heavy (non-hydrogen) atoms. The lowest BCUT2D eigenvalue weighted by molar-refractivity contribution is 0.409. The van der Waals surface area contributed by atoms with Gasteiger partial charge in [0.1, 0.15) is 18.2 Å². The maximum Gasteiger partial charge on any atom is 0.131 e. The molecule has 0 aliphatic carbocycles. The zero-order chi connectivity index (χ0) is 49.3. The Kier molecular flexibility index (Phi) is 13.6. The molecule has 350 valence electrons. The highest BCUT2D eigenvalue weighted by molar-refractivity contribution is 5.99. The molecule has 0 spiro atoms. The number of benzene rings is 10. The van der Waals surface area contributed by atoms with Crippen molar-refractivity contribution in [3.8, 4) is 77.9 Å². The van der Waals surface area contributed by atoms with E-state index in [1.54, 1.807) is 0 Å². The summed E-state index contributed by atoms with van der Waals surface area (Å²) in [4.78, 5) is 5.53. The Morgan fingerprint density at radius 1 is 0.370 bits per heavy atom. The first kappa shape index (κ1) is 46.2. The van der Waals surface area contributed by atoms with E-state index in [0.717, 1.165) is 89.3 Å². The topological polar surface area (TPSA) is 36.4 Å². The Hall–Kier alpha value is -9.15. The molecule has 2 N–H and O–H groups in total. The fourth-order valence-corrected chi connectivity index (χ4v) is 9.74. The van der Waals surface area contributed by atoms with E-state index in [9.17, 15) is 0 Å². The van der Waals surface area contributed by atoms with Crippen molar-refractivity contribution >= 4 is 11.4 Å². The molecule has 0 radical (unpaired) electrons. The Bertz CT molecular complexity index is 3500. The minimum absolute atomic E-state index is 0.343. The highest BCUT2D eigenvalue weighted by Gasteiger charge is 2.27. The monoisotopic (exact) mass is 937 g/mol. The van der Waals surface area contributed by atoms with E-state index in [1.165, 1.54) is 22.3 Å². The van der Waals surface area contributed by atoms with Crippen molar-refractivity contribution in [2.45, 2.75) is 19.3 Å². The molecule has 3 nitrogen and oxygen atoms in total. The predicted molar refractivity (Wildman–Crippen MR) is 309 cm³/mol. The summed E-state index contributed by atoms with van der Waals surface area (Å²) in [5.74, 6) is 0.814. The molecular weight excluding hydrogens is 883 g/mol. The lowest BCUT2D eigenvalue weighted by atomic mass is 9.90. The van der Waals surface area contributed by atoms with Crippen molar-refractivity contribution in [2.24, 2.45) is 4.99 Å². The van der Waals surface area contributed by atoms with E-state index in [-0.39, 0.29) is 6.17 Å². The summed E-state index contributed by atoms with van der Waals surface area (Å²) >= 11 is 0. The van der Waals surface area contributed by atoms with Gasteiger partial charge in [-0.25, -0.2) is 4.99 Å². The van der Waals surface area contributed by atoms with E-state index < -0.39 is 6.17 Å². The molecule has 11 rings (SSSR count). The van der Waals surface area contributed by atoms with Crippen LogP contribution in [0, 0.1) is 0 Å². The van der Waals surface area contributed by atoms with Crippen LogP contribution in [0.15, 0.2) is 291 Å². The molecule has 0 amide bonds. The third-order valence-corrected chi connectivity index (χ3v) is 13.5. The van der Waals surface area contributed by atoms with Crippen LogP contribution in [0.5, 0.6) is 0 Å². The van der Waals surface area contributed by atoms with Crippen LogP contribution in [0.3, 0.4) is 0 Å². The average Bonchev–Trinajstić information content (AvgIpc) is 3.48. The van der Waals surface area contributed by atoms with Crippen molar-refractivity contribution < 1.29 is 0 Å². The van der Waals surface area contributed by atoms with Crippen LogP contribution < -0.4 is 10.6 Å². The van der Waals surface area contributed by atoms with E-state index >= 15 is 0 Å². The second-order valence-corrected chi connectivity index (χ2v) is 18.5. The Morgan fingerprint density at radius 2 is 0.699 bits per heavy atom. The standard InChI is InChI=1S/C70H55N3/c1-3-4-11-24-49(2)56-37-62(63-41-57(50-25-12-5-13-26-50)39-58(42-63)51-27-14-6-15-28-51)47-66(38-56)69-71-68(55-35-22-10-23-36-55)72-70(73-69)67-46-61(54-33-20-9-21-34-54)45-65(48-67)64-43-59(52-29-16-7-17-30-52)40-60(44-64)53-31-18-8-19-32-53/h3-48,69-70,73H,2H2,1H3,(H,71,72). The SMILES string of the molecule is C=C(C=CC=CC)c1cc(-c2cc(-c3ccccc3)cc(-c3ccccc3)c2)cc(C2NC(c3ccccc3)=NC(c3cc(-c4ccccc4)cc(-c4cc(-c5ccccc5)cc(-c5ccccc5)c4)c3)N2)c1. The largest absolute Gasteiger partial charge is 0.350 e. The number of hydrogen-bond donors (Lipinski definition) is 2. The highest BCUT2D eigenvalue weighted by Crippen LogP contribution is 2.40. The van der Waals surface area contributed by atoms with Crippen LogP contribution >= 0.6 is 0 Å². The first-order valence-electron chi connectivity index (χ1n) is 25.0. The fourth-order valence-electron chi connectivity index (χ4n) is 9.74.